The quantitative estimate of drug-likeness (QED) is 0.398. The summed E-state index contributed by atoms with van der Waals surface area (Å²) in [6, 6.07) is 9.51. The molecule has 0 aromatic heterocycles. The number of halogens is 2. The molecule has 0 radical (unpaired) electrons. The molecule has 0 atom stereocenters. The summed E-state index contributed by atoms with van der Waals surface area (Å²) in [7, 11) is 0. The van der Waals surface area contributed by atoms with Crippen LogP contribution in [-0.4, -0.2) is 30.3 Å². The van der Waals surface area contributed by atoms with E-state index in [4.69, 9.17) is 27.9 Å². The van der Waals surface area contributed by atoms with Crippen molar-refractivity contribution in [3.05, 3.63) is 63.1 Å². The van der Waals surface area contributed by atoms with E-state index in [1.165, 1.54) is 16.8 Å². The number of aryl methyl sites for hydroxylation is 1. The van der Waals surface area contributed by atoms with Gasteiger partial charge < -0.3 is 9.64 Å². The van der Waals surface area contributed by atoms with Gasteiger partial charge in [-0.25, -0.2) is 5.43 Å². The van der Waals surface area contributed by atoms with Gasteiger partial charge in [0.1, 0.15) is 5.75 Å². The van der Waals surface area contributed by atoms with Crippen molar-refractivity contribution in [2.75, 3.05) is 11.5 Å². The summed E-state index contributed by atoms with van der Waals surface area (Å²) in [5.74, 6) is 0.00677. The van der Waals surface area contributed by atoms with Crippen LogP contribution < -0.4 is 15.1 Å². The van der Waals surface area contributed by atoms with Crippen molar-refractivity contribution in [1.82, 2.24) is 5.43 Å². The number of hydrogen-bond acceptors (Lipinski definition) is 4. The van der Waals surface area contributed by atoms with E-state index < -0.39 is 0 Å². The molecule has 0 unspecified atom stereocenters. The average molecular weight is 474 g/mol. The highest BCUT2D eigenvalue weighted by Gasteiger charge is 2.33. The molecule has 0 saturated carbocycles. The second-order valence-electron chi connectivity index (χ2n) is 8.83. The van der Waals surface area contributed by atoms with Crippen LogP contribution in [0.15, 0.2) is 41.5 Å². The highest BCUT2D eigenvalue weighted by Crippen LogP contribution is 2.41. The average Bonchev–Trinajstić information content (AvgIpc) is 2.67. The minimum absolute atomic E-state index is 0.0613. The molecule has 1 aliphatic rings. The first kappa shape index (κ1) is 24.1. The number of amides is 1. The Balaban J connectivity index is 1.71. The summed E-state index contributed by atoms with van der Waals surface area (Å²) in [6.07, 6.45) is 3.96. The summed E-state index contributed by atoms with van der Waals surface area (Å²) in [5.41, 5.74) is 8.10. The Bertz CT molecular complexity index is 1090. The molecule has 1 heterocycles. The molecule has 32 heavy (non-hydrogen) atoms. The summed E-state index contributed by atoms with van der Waals surface area (Å²) in [6.45, 7) is 12.9. The number of fused-ring (bicyclic) bond motifs is 1. The summed E-state index contributed by atoms with van der Waals surface area (Å²) < 4.78 is 5.43. The van der Waals surface area contributed by atoms with Crippen LogP contribution >= 0.6 is 23.2 Å². The molecule has 5 nitrogen and oxygen atoms in total. The maximum atomic E-state index is 12.1. The van der Waals surface area contributed by atoms with Gasteiger partial charge in [0, 0.05) is 22.3 Å². The van der Waals surface area contributed by atoms with E-state index >= 15 is 0 Å². The van der Waals surface area contributed by atoms with Gasteiger partial charge in [0.25, 0.3) is 5.91 Å². The molecule has 0 aliphatic carbocycles. The first-order chi connectivity index (χ1) is 15.0. The maximum absolute atomic E-state index is 12.1. The predicted octanol–water partition coefficient (Wildman–Crippen LogP) is 6.24. The summed E-state index contributed by atoms with van der Waals surface area (Å²) in [5, 5.41) is 4.97. The fraction of sp³-hybridized carbons (Fsp3) is 0.360. The number of ether oxygens (including phenoxy) is 1. The zero-order valence-corrected chi connectivity index (χ0v) is 20.8. The van der Waals surface area contributed by atoms with E-state index in [0.717, 1.165) is 11.1 Å². The van der Waals surface area contributed by atoms with Gasteiger partial charge in [0.05, 0.1) is 16.8 Å². The van der Waals surface area contributed by atoms with Crippen LogP contribution in [0.5, 0.6) is 5.75 Å². The van der Waals surface area contributed by atoms with E-state index in [-0.39, 0.29) is 18.1 Å². The summed E-state index contributed by atoms with van der Waals surface area (Å²) >= 11 is 11.9. The van der Waals surface area contributed by atoms with E-state index in [1.807, 2.05) is 6.92 Å². The van der Waals surface area contributed by atoms with Crippen LogP contribution in [0.4, 0.5) is 5.69 Å². The fourth-order valence-corrected chi connectivity index (χ4v) is 4.70. The molecule has 0 fully saturated rings. The topological polar surface area (TPSA) is 53.9 Å². The van der Waals surface area contributed by atoms with E-state index in [1.54, 1.807) is 24.4 Å². The largest absolute Gasteiger partial charge is 0.482 e. The van der Waals surface area contributed by atoms with Gasteiger partial charge in [0.2, 0.25) is 0 Å². The molecule has 0 spiro atoms. The molecule has 2 aromatic carbocycles. The Labute approximate surface area is 200 Å². The zero-order valence-electron chi connectivity index (χ0n) is 19.3. The SMILES string of the molecule is CC1=CC(C)(C)N(C(C)C)c2cc(C)c(/C=N/NC(=O)COc3ccc(Cl)cc3Cl)cc21. The number of benzene rings is 2. The van der Waals surface area contributed by atoms with Gasteiger partial charge in [-0.05, 0) is 88.6 Å². The Morgan fingerprint density at radius 3 is 2.59 bits per heavy atom. The predicted molar refractivity (Wildman–Crippen MR) is 134 cm³/mol. The fourth-order valence-electron chi connectivity index (χ4n) is 4.24. The lowest BCUT2D eigenvalue weighted by molar-refractivity contribution is -0.123. The number of nitrogens with zero attached hydrogens (tertiary/aromatic N) is 2. The van der Waals surface area contributed by atoms with Gasteiger partial charge >= 0.3 is 0 Å². The van der Waals surface area contributed by atoms with Crippen molar-refractivity contribution in [1.29, 1.82) is 0 Å². The third-order valence-electron chi connectivity index (χ3n) is 5.42. The number of nitrogens with one attached hydrogen (secondary N) is 1. The van der Waals surface area contributed by atoms with Gasteiger partial charge in [-0.1, -0.05) is 29.3 Å². The summed E-state index contributed by atoms with van der Waals surface area (Å²) in [4.78, 5) is 14.5. The lowest BCUT2D eigenvalue weighted by Gasteiger charge is -2.46. The van der Waals surface area contributed by atoms with Gasteiger partial charge in [0.15, 0.2) is 6.61 Å². The Morgan fingerprint density at radius 1 is 1.22 bits per heavy atom. The normalized spacial score (nSPS) is 15.0. The molecule has 0 bridgehead atoms. The number of carbonyl (C=O) groups is 1. The minimum Gasteiger partial charge on any atom is -0.482 e. The van der Waals surface area contributed by atoms with Crippen molar-refractivity contribution in [3.8, 4) is 5.75 Å². The molecular formula is C25H29Cl2N3O2. The van der Waals surface area contributed by atoms with Crippen molar-refractivity contribution in [2.45, 2.75) is 53.1 Å². The molecule has 0 saturated heterocycles. The zero-order chi connectivity index (χ0) is 23.6. The number of carbonyl (C=O) groups excluding carboxylic acids is 1. The second-order valence-corrected chi connectivity index (χ2v) is 9.67. The molecule has 1 N–H and O–H groups in total. The number of hydrogen-bond donors (Lipinski definition) is 1. The molecule has 3 rings (SSSR count). The lowest BCUT2D eigenvalue weighted by atomic mass is 9.86. The van der Waals surface area contributed by atoms with Crippen LogP contribution in [0, 0.1) is 6.92 Å². The second kappa shape index (κ2) is 9.55. The molecule has 2 aromatic rings. The minimum atomic E-state index is -0.383. The molecule has 170 valence electrons. The molecular weight excluding hydrogens is 445 g/mol. The van der Waals surface area contributed by atoms with Crippen molar-refractivity contribution in [3.63, 3.8) is 0 Å². The lowest BCUT2D eigenvalue weighted by Crippen LogP contribution is -2.49. The Morgan fingerprint density at radius 2 is 1.94 bits per heavy atom. The van der Waals surface area contributed by atoms with E-state index in [2.05, 4.69) is 68.3 Å². The van der Waals surface area contributed by atoms with Crippen LogP contribution in [0.1, 0.15) is 51.3 Å². The number of rotatable bonds is 6. The highest BCUT2D eigenvalue weighted by atomic mass is 35.5. The molecule has 7 heteroatoms. The maximum Gasteiger partial charge on any atom is 0.277 e. The number of hydrazone groups is 1. The molecule has 1 amide bonds. The molecule has 1 aliphatic heterocycles. The van der Waals surface area contributed by atoms with Crippen LogP contribution in [0.25, 0.3) is 5.57 Å². The number of allylic oxidation sites excluding steroid dienone is 1. The Hall–Kier alpha value is -2.50. The highest BCUT2D eigenvalue weighted by molar-refractivity contribution is 6.35. The smallest absolute Gasteiger partial charge is 0.277 e. The Kier molecular flexibility index (Phi) is 7.21. The van der Waals surface area contributed by atoms with Crippen molar-refractivity contribution >= 4 is 46.6 Å². The first-order valence-electron chi connectivity index (χ1n) is 10.5. The van der Waals surface area contributed by atoms with Gasteiger partial charge in [-0.2, -0.15) is 5.10 Å². The monoisotopic (exact) mass is 473 g/mol. The standard InChI is InChI=1S/C25H29Cl2N3O2/c1-15(2)30-22-9-16(3)18(10-20(22)17(4)12-25(30,5)6)13-28-29-24(31)14-32-23-8-7-19(26)11-21(23)27/h7-13,15H,14H2,1-6H3,(H,29,31)/b28-13+. The van der Waals surface area contributed by atoms with E-state index in [0.29, 0.717) is 21.8 Å². The van der Waals surface area contributed by atoms with Crippen LogP contribution in [-0.2, 0) is 4.79 Å². The van der Waals surface area contributed by atoms with Gasteiger partial charge in [-0.15, -0.1) is 0 Å². The van der Waals surface area contributed by atoms with Crippen molar-refractivity contribution in [2.24, 2.45) is 5.10 Å². The van der Waals surface area contributed by atoms with Crippen LogP contribution in [0.2, 0.25) is 10.0 Å². The van der Waals surface area contributed by atoms with Gasteiger partial charge in [-0.3, -0.25) is 4.79 Å². The van der Waals surface area contributed by atoms with Crippen molar-refractivity contribution < 1.29 is 9.53 Å². The third kappa shape index (κ3) is 5.28. The van der Waals surface area contributed by atoms with E-state index in [9.17, 15) is 4.79 Å². The first-order valence-corrected chi connectivity index (χ1v) is 11.3. The third-order valence-corrected chi connectivity index (χ3v) is 5.95. The van der Waals surface area contributed by atoms with Crippen LogP contribution in [0.3, 0.4) is 0 Å². The number of anilines is 1.